The summed E-state index contributed by atoms with van der Waals surface area (Å²) in [4.78, 5) is 16.6. The molecule has 1 aliphatic heterocycles. The first-order valence-electron chi connectivity index (χ1n) is 7.77. The summed E-state index contributed by atoms with van der Waals surface area (Å²) in [6, 6.07) is 10.5. The molecule has 1 aliphatic rings. The van der Waals surface area contributed by atoms with E-state index < -0.39 is 0 Å². The van der Waals surface area contributed by atoms with Crippen LogP contribution in [0.2, 0.25) is 0 Å². The lowest BCUT2D eigenvalue weighted by molar-refractivity contribution is -0.117. The quantitative estimate of drug-likeness (QED) is 0.902. The van der Waals surface area contributed by atoms with E-state index in [4.69, 9.17) is 0 Å². The van der Waals surface area contributed by atoms with Crippen LogP contribution in [0.5, 0.6) is 0 Å². The second-order valence-electron chi connectivity index (χ2n) is 5.71. The molecular formula is C16H21N5OS. The molecule has 1 amide bonds. The molecule has 122 valence electrons. The summed E-state index contributed by atoms with van der Waals surface area (Å²) in [5.74, 6) is -0.0161. The molecule has 3 rings (SSSR count). The second kappa shape index (κ2) is 7.63. The SMILES string of the molecule is Cc1nnc(NC(=O)CN2CCN(Cc3ccccc3)CC2)s1. The van der Waals surface area contributed by atoms with E-state index in [1.165, 1.54) is 16.9 Å². The van der Waals surface area contributed by atoms with Crippen molar-refractivity contribution in [1.29, 1.82) is 0 Å². The lowest BCUT2D eigenvalue weighted by Gasteiger charge is -2.34. The molecule has 0 aliphatic carbocycles. The Hall–Kier alpha value is -1.83. The van der Waals surface area contributed by atoms with Gasteiger partial charge in [0.25, 0.3) is 0 Å². The Morgan fingerprint density at radius 1 is 1.13 bits per heavy atom. The highest BCUT2D eigenvalue weighted by atomic mass is 32.1. The van der Waals surface area contributed by atoms with E-state index in [0.29, 0.717) is 11.7 Å². The lowest BCUT2D eigenvalue weighted by Crippen LogP contribution is -2.48. The Morgan fingerprint density at radius 2 is 1.83 bits per heavy atom. The molecule has 23 heavy (non-hydrogen) atoms. The van der Waals surface area contributed by atoms with Crippen LogP contribution in [0.1, 0.15) is 10.6 Å². The molecule has 1 fully saturated rings. The standard InChI is InChI=1S/C16H21N5OS/c1-13-18-19-16(23-13)17-15(22)12-21-9-7-20(8-10-21)11-14-5-3-2-4-6-14/h2-6H,7-12H2,1H3,(H,17,19,22). The molecule has 1 saturated heterocycles. The molecule has 0 bridgehead atoms. The average Bonchev–Trinajstić information content (AvgIpc) is 2.95. The zero-order valence-corrected chi connectivity index (χ0v) is 14.1. The van der Waals surface area contributed by atoms with Crippen LogP contribution in [0.25, 0.3) is 0 Å². The fourth-order valence-corrected chi connectivity index (χ4v) is 3.26. The average molecular weight is 331 g/mol. The Kier molecular flexibility index (Phi) is 5.32. The number of benzene rings is 1. The van der Waals surface area contributed by atoms with Crippen LogP contribution in [0.3, 0.4) is 0 Å². The van der Waals surface area contributed by atoms with Gasteiger partial charge in [0.1, 0.15) is 5.01 Å². The van der Waals surface area contributed by atoms with E-state index in [1.807, 2.05) is 13.0 Å². The van der Waals surface area contributed by atoms with E-state index in [1.54, 1.807) is 0 Å². The third-order valence-electron chi connectivity index (χ3n) is 3.85. The summed E-state index contributed by atoms with van der Waals surface area (Å²) < 4.78 is 0. The van der Waals surface area contributed by atoms with Gasteiger partial charge >= 0.3 is 0 Å². The van der Waals surface area contributed by atoms with E-state index in [-0.39, 0.29) is 5.91 Å². The second-order valence-corrected chi connectivity index (χ2v) is 6.89. The number of hydrogen-bond acceptors (Lipinski definition) is 6. The van der Waals surface area contributed by atoms with Crippen molar-refractivity contribution in [2.45, 2.75) is 13.5 Å². The number of nitrogens with zero attached hydrogens (tertiary/aromatic N) is 4. The van der Waals surface area contributed by atoms with Crippen LogP contribution < -0.4 is 5.32 Å². The van der Waals surface area contributed by atoms with E-state index >= 15 is 0 Å². The molecule has 1 aromatic carbocycles. The monoisotopic (exact) mass is 331 g/mol. The third-order valence-corrected chi connectivity index (χ3v) is 4.61. The normalized spacial score (nSPS) is 16.4. The van der Waals surface area contributed by atoms with Gasteiger partial charge in [-0.3, -0.25) is 19.9 Å². The minimum Gasteiger partial charge on any atom is -0.299 e. The maximum absolute atomic E-state index is 12.0. The summed E-state index contributed by atoms with van der Waals surface area (Å²) in [5, 5.41) is 12.1. The lowest BCUT2D eigenvalue weighted by atomic mass is 10.2. The van der Waals surface area contributed by atoms with Gasteiger partial charge in [-0.25, -0.2) is 0 Å². The van der Waals surface area contributed by atoms with Crippen molar-refractivity contribution >= 4 is 22.4 Å². The van der Waals surface area contributed by atoms with Gasteiger partial charge in [0.15, 0.2) is 0 Å². The fraction of sp³-hybridized carbons (Fsp3) is 0.438. The van der Waals surface area contributed by atoms with Crippen molar-refractivity contribution in [3.8, 4) is 0 Å². The Morgan fingerprint density at radius 3 is 2.48 bits per heavy atom. The van der Waals surface area contributed by atoms with Crippen molar-refractivity contribution in [3.63, 3.8) is 0 Å². The van der Waals surface area contributed by atoms with Crippen molar-refractivity contribution in [2.24, 2.45) is 0 Å². The van der Waals surface area contributed by atoms with Gasteiger partial charge in [-0.2, -0.15) is 0 Å². The van der Waals surface area contributed by atoms with Gasteiger partial charge in [0, 0.05) is 32.7 Å². The van der Waals surface area contributed by atoms with Gasteiger partial charge in [-0.05, 0) is 12.5 Å². The van der Waals surface area contributed by atoms with Gasteiger partial charge in [0.05, 0.1) is 6.54 Å². The summed E-state index contributed by atoms with van der Waals surface area (Å²) in [5.41, 5.74) is 1.34. The summed E-state index contributed by atoms with van der Waals surface area (Å²) in [7, 11) is 0. The highest BCUT2D eigenvalue weighted by Gasteiger charge is 2.19. The van der Waals surface area contributed by atoms with Crippen LogP contribution in [-0.4, -0.2) is 58.6 Å². The fourth-order valence-electron chi connectivity index (χ4n) is 2.66. The van der Waals surface area contributed by atoms with E-state index in [9.17, 15) is 4.79 Å². The molecule has 0 atom stereocenters. The first kappa shape index (κ1) is 16.0. The molecule has 1 N–H and O–H groups in total. The maximum atomic E-state index is 12.0. The first-order chi connectivity index (χ1) is 11.2. The zero-order chi connectivity index (χ0) is 16.1. The van der Waals surface area contributed by atoms with Gasteiger partial charge in [0.2, 0.25) is 11.0 Å². The predicted molar refractivity (Wildman–Crippen MR) is 91.4 cm³/mol. The van der Waals surface area contributed by atoms with Crippen LogP contribution in [0, 0.1) is 6.92 Å². The topological polar surface area (TPSA) is 61.4 Å². The molecule has 7 heteroatoms. The van der Waals surface area contributed by atoms with Gasteiger partial charge in [-0.1, -0.05) is 41.7 Å². The highest BCUT2D eigenvalue weighted by Crippen LogP contribution is 2.14. The number of piperazine rings is 1. The number of nitrogens with one attached hydrogen (secondary N) is 1. The molecular weight excluding hydrogens is 310 g/mol. The van der Waals surface area contributed by atoms with E-state index in [2.05, 4.69) is 49.6 Å². The summed E-state index contributed by atoms with van der Waals surface area (Å²) in [6.07, 6.45) is 0. The molecule has 6 nitrogen and oxygen atoms in total. The van der Waals surface area contributed by atoms with Crippen molar-refractivity contribution < 1.29 is 4.79 Å². The molecule has 0 unspecified atom stereocenters. The smallest absolute Gasteiger partial charge is 0.240 e. The van der Waals surface area contributed by atoms with Crippen LogP contribution in [-0.2, 0) is 11.3 Å². The molecule has 0 radical (unpaired) electrons. The Balaban J connectivity index is 1.41. The zero-order valence-electron chi connectivity index (χ0n) is 13.2. The van der Waals surface area contributed by atoms with Gasteiger partial charge < -0.3 is 0 Å². The van der Waals surface area contributed by atoms with Crippen LogP contribution in [0.4, 0.5) is 5.13 Å². The molecule has 0 saturated carbocycles. The predicted octanol–water partition coefficient (Wildman–Crippen LogP) is 1.60. The third kappa shape index (κ3) is 4.82. The number of carbonyl (C=O) groups excluding carboxylic acids is 1. The van der Waals surface area contributed by atoms with Crippen molar-refractivity contribution in [1.82, 2.24) is 20.0 Å². The Labute approximate surface area is 140 Å². The largest absolute Gasteiger partial charge is 0.299 e. The van der Waals surface area contributed by atoms with Crippen LogP contribution >= 0.6 is 11.3 Å². The number of anilines is 1. The van der Waals surface area contributed by atoms with E-state index in [0.717, 1.165) is 37.7 Å². The number of amides is 1. The van der Waals surface area contributed by atoms with Gasteiger partial charge in [-0.15, -0.1) is 10.2 Å². The highest BCUT2D eigenvalue weighted by molar-refractivity contribution is 7.15. The molecule has 1 aromatic heterocycles. The Bertz CT molecular complexity index is 637. The number of carbonyl (C=O) groups is 1. The minimum atomic E-state index is -0.0161. The molecule has 2 aromatic rings. The van der Waals surface area contributed by atoms with Crippen LogP contribution in [0.15, 0.2) is 30.3 Å². The minimum absolute atomic E-state index is 0.0161. The van der Waals surface area contributed by atoms with Crippen molar-refractivity contribution in [2.75, 3.05) is 38.0 Å². The number of aromatic nitrogens is 2. The molecule has 2 heterocycles. The molecule has 0 spiro atoms. The van der Waals surface area contributed by atoms with Crippen molar-refractivity contribution in [3.05, 3.63) is 40.9 Å². The number of hydrogen-bond donors (Lipinski definition) is 1. The maximum Gasteiger partial charge on any atom is 0.240 e. The summed E-state index contributed by atoms with van der Waals surface area (Å²) in [6.45, 7) is 7.06. The number of aryl methyl sites for hydroxylation is 1. The summed E-state index contributed by atoms with van der Waals surface area (Å²) >= 11 is 1.40. The number of rotatable bonds is 5. The first-order valence-corrected chi connectivity index (χ1v) is 8.59.